The van der Waals surface area contributed by atoms with Crippen molar-refractivity contribution in [3.05, 3.63) is 0 Å². The number of nitrogens with one attached hydrogen (secondary N) is 1. The zero-order chi connectivity index (χ0) is 12.6. The predicted molar refractivity (Wildman–Crippen MR) is 66.0 cm³/mol. The Hall–Kier alpha value is -0.610. The molecule has 0 radical (unpaired) electrons. The topological polar surface area (TPSA) is 75.4 Å². The van der Waals surface area contributed by atoms with Crippen LogP contribution < -0.4 is 11.1 Å². The summed E-state index contributed by atoms with van der Waals surface area (Å²) in [5.41, 5.74) is 5.70. The van der Waals surface area contributed by atoms with Crippen molar-refractivity contribution in [3.8, 4) is 0 Å². The second kappa shape index (κ2) is 8.53. The fraction of sp³-hybridized carbons (Fsp3) is 0.917. The highest BCUT2D eigenvalue weighted by Crippen LogP contribution is 2.03. The minimum atomic E-state index is -0.470. The molecule has 0 aromatic carbocycles. The number of carbonyl (C=O) groups excluding carboxylic acids is 1. The first-order chi connectivity index (χ1) is 7.47. The zero-order valence-corrected chi connectivity index (χ0v) is 10.7. The van der Waals surface area contributed by atoms with Crippen LogP contribution in [0.2, 0.25) is 0 Å². The highest BCUT2D eigenvalue weighted by Gasteiger charge is 2.14. The molecule has 0 aromatic heterocycles. The van der Waals surface area contributed by atoms with Crippen LogP contribution in [0.15, 0.2) is 0 Å². The van der Waals surface area contributed by atoms with Crippen molar-refractivity contribution in [2.45, 2.75) is 58.6 Å². The lowest BCUT2D eigenvalue weighted by Crippen LogP contribution is -2.43. The fourth-order valence-corrected chi connectivity index (χ4v) is 1.53. The largest absolute Gasteiger partial charge is 0.391 e. The average Bonchev–Trinajstić information content (AvgIpc) is 2.21. The Morgan fingerprint density at radius 3 is 2.56 bits per heavy atom. The molecule has 0 aliphatic rings. The van der Waals surface area contributed by atoms with Gasteiger partial charge in [0.2, 0.25) is 5.91 Å². The van der Waals surface area contributed by atoms with Gasteiger partial charge in [-0.2, -0.15) is 0 Å². The van der Waals surface area contributed by atoms with Crippen LogP contribution in [0, 0.1) is 5.92 Å². The molecule has 16 heavy (non-hydrogen) atoms. The first-order valence-electron chi connectivity index (χ1n) is 6.18. The second-order valence-electron chi connectivity index (χ2n) is 4.78. The lowest BCUT2D eigenvalue weighted by Gasteiger charge is -2.16. The second-order valence-corrected chi connectivity index (χ2v) is 4.78. The van der Waals surface area contributed by atoms with E-state index in [0.29, 0.717) is 25.3 Å². The van der Waals surface area contributed by atoms with Gasteiger partial charge in [-0.25, -0.2) is 0 Å². The summed E-state index contributed by atoms with van der Waals surface area (Å²) in [6, 6.07) is -0.439. The van der Waals surface area contributed by atoms with Crippen LogP contribution in [-0.2, 0) is 4.79 Å². The summed E-state index contributed by atoms with van der Waals surface area (Å²) < 4.78 is 0. The molecular formula is C12H26N2O2. The molecule has 4 N–H and O–H groups in total. The number of amides is 1. The first-order valence-corrected chi connectivity index (χ1v) is 6.18. The van der Waals surface area contributed by atoms with Crippen LogP contribution in [-0.4, -0.2) is 29.7 Å². The third-order valence-electron chi connectivity index (χ3n) is 2.46. The molecule has 0 saturated carbocycles. The highest BCUT2D eigenvalue weighted by molar-refractivity contribution is 5.81. The molecule has 1 unspecified atom stereocenters. The molecule has 96 valence electrons. The molecule has 2 atom stereocenters. The van der Waals surface area contributed by atoms with E-state index >= 15 is 0 Å². The molecule has 0 aliphatic heterocycles. The molecule has 1 amide bonds. The van der Waals surface area contributed by atoms with E-state index in [1.807, 2.05) is 13.8 Å². The standard InChI is InChI=1S/C12H26N2O2/c1-4-5-6-11(13)12(16)14-8-10(15)7-9(2)3/h9-11,15H,4-8,13H2,1-3H3,(H,14,16)/t10?,11-/m0/s1. The summed E-state index contributed by atoms with van der Waals surface area (Å²) >= 11 is 0. The van der Waals surface area contributed by atoms with E-state index in [-0.39, 0.29) is 5.91 Å². The molecule has 4 nitrogen and oxygen atoms in total. The van der Waals surface area contributed by atoms with Gasteiger partial charge in [0, 0.05) is 6.54 Å². The SMILES string of the molecule is CCCC[C@H](N)C(=O)NCC(O)CC(C)C. The molecule has 0 bridgehead atoms. The number of rotatable bonds is 8. The van der Waals surface area contributed by atoms with Crippen molar-refractivity contribution in [2.75, 3.05) is 6.54 Å². The molecule has 0 rings (SSSR count). The number of nitrogens with two attached hydrogens (primary N) is 1. The number of carbonyl (C=O) groups is 1. The Morgan fingerprint density at radius 2 is 2.06 bits per heavy atom. The van der Waals surface area contributed by atoms with E-state index in [2.05, 4.69) is 12.2 Å². The molecule has 0 saturated heterocycles. The smallest absolute Gasteiger partial charge is 0.237 e. The Morgan fingerprint density at radius 1 is 1.44 bits per heavy atom. The highest BCUT2D eigenvalue weighted by atomic mass is 16.3. The number of hydrogen-bond acceptors (Lipinski definition) is 3. The van der Waals surface area contributed by atoms with Crippen molar-refractivity contribution < 1.29 is 9.90 Å². The van der Waals surface area contributed by atoms with E-state index in [4.69, 9.17) is 5.73 Å². The van der Waals surface area contributed by atoms with Gasteiger partial charge in [-0.3, -0.25) is 4.79 Å². The third-order valence-corrected chi connectivity index (χ3v) is 2.46. The third kappa shape index (κ3) is 7.65. The van der Waals surface area contributed by atoms with Crippen molar-refractivity contribution in [1.29, 1.82) is 0 Å². The van der Waals surface area contributed by atoms with E-state index in [0.717, 1.165) is 12.8 Å². The fourth-order valence-electron chi connectivity index (χ4n) is 1.53. The summed E-state index contributed by atoms with van der Waals surface area (Å²) in [7, 11) is 0. The minimum absolute atomic E-state index is 0.156. The van der Waals surface area contributed by atoms with Crippen LogP contribution in [0.4, 0.5) is 0 Å². The molecule has 0 aliphatic carbocycles. The van der Waals surface area contributed by atoms with E-state index in [1.54, 1.807) is 0 Å². The number of unbranched alkanes of at least 4 members (excludes halogenated alkanes) is 1. The minimum Gasteiger partial charge on any atom is -0.391 e. The van der Waals surface area contributed by atoms with Crippen LogP contribution in [0.1, 0.15) is 46.5 Å². The normalized spacial score (nSPS) is 14.9. The molecule has 0 fully saturated rings. The van der Waals surface area contributed by atoms with E-state index in [9.17, 15) is 9.90 Å². The maximum Gasteiger partial charge on any atom is 0.237 e. The van der Waals surface area contributed by atoms with Crippen molar-refractivity contribution >= 4 is 5.91 Å². The van der Waals surface area contributed by atoms with Gasteiger partial charge in [0.15, 0.2) is 0 Å². The summed E-state index contributed by atoms with van der Waals surface area (Å²) in [4.78, 5) is 11.5. The van der Waals surface area contributed by atoms with Crippen LogP contribution >= 0.6 is 0 Å². The number of aliphatic hydroxyl groups excluding tert-OH is 1. The Labute approximate surface area is 98.6 Å². The lowest BCUT2D eigenvalue weighted by atomic mass is 10.1. The summed E-state index contributed by atoms with van der Waals surface area (Å²) in [5.74, 6) is 0.275. The zero-order valence-electron chi connectivity index (χ0n) is 10.7. The van der Waals surface area contributed by atoms with Gasteiger partial charge >= 0.3 is 0 Å². The van der Waals surface area contributed by atoms with Gasteiger partial charge in [-0.15, -0.1) is 0 Å². The summed E-state index contributed by atoms with van der Waals surface area (Å²) in [6.45, 7) is 6.45. The van der Waals surface area contributed by atoms with Gasteiger partial charge in [0.25, 0.3) is 0 Å². The van der Waals surface area contributed by atoms with Gasteiger partial charge in [-0.1, -0.05) is 33.6 Å². The average molecular weight is 230 g/mol. The first kappa shape index (κ1) is 15.4. The van der Waals surface area contributed by atoms with Gasteiger partial charge in [0.1, 0.15) is 0 Å². The van der Waals surface area contributed by atoms with Crippen LogP contribution in [0.3, 0.4) is 0 Å². The number of aliphatic hydroxyl groups is 1. The van der Waals surface area contributed by atoms with Crippen LogP contribution in [0.5, 0.6) is 0 Å². The lowest BCUT2D eigenvalue weighted by molar-refractivity contribution is -0.123. The molecule has 4 heteroatoms. The summed E-state index contributed by atoms with van der Waals surface area (Å²) in [5, 5.41) is 12.3. The number of hydrogen-bond donors (Lipinski definition) is 3. The van der Waals surface area contributed by atoms with Gasteiger partial charge in [0.05, 0.1) is 12.1 Å². The Balaban J connectivity index is 3.70. The van der Waals surface area contributed by atoms with E-state index in [1.165, 1.54) is 0 Å². The van der Waals surface area contributed by atoms with Crippen LogP contribution in [0.25, 0.3) is 0 Å². The van der Waals surface area contributed by atoms with Gasteiger partial charge < -0.3 is 16.2 Å². The molecular weight excluding hydrogens is 204 g/mol. The Kier molecular flexibility index (Phi) is 8.21. The maximum absolute atomic E-state index is 11.5. The maximum atomic E-state index is 11.5. The van der Waals surface area contributed by atoms with Crippen molar-refractivity contribution in [3.63, 3.8) is 0 Å². The Bertz CT molecular complexity index is 195. The molecule has 0 aromatic rings. The van der Waals surface area contributed by atoms with E-state index < -0.39 is 12.1 Å². The quantitative estimate of drug-likeness (QED) is 0.583. The molecule has 0 heterocycles. The summed E-state index contributed by atoms with van der Waals surface area (Å²) in [6.07, 6.45) is 2.94. The monoisotopic (exact) mass is 230 g/mol. The van der Waals surface area contributed by atoms with Crippen molar-refractivity contribution in [2.24, 2.45) is 11.7 Å². The predicted octanol–water partition coefficient (Wildman–Crippen LogP) is 1.03. The van der Waals surface area contributed by atoms with Crippen molar-refractivity contribution in [1.82, 2.24) is 5.32 Å². The van der Waals surface area contributed by atoms with Gasteiger partial charge in [-0.05, 0) is 18.8 Å². The molecule has 0 spiro atoms.